The van der Waals surface area contributed by atoms with Crippen LogP contribution in [0.2, 0.25) is 10.1 Å². The maximum absolute atomic E-state index is 14.5. The Morgan fingerprint density at radius 1 is 0.510 bits per heavy atom. The van der Waals surface area contributed by atoms with E-state index in [0.717, 1.165) is 26.3 Å². The molecule has 254 valence electrons. The Morgan fingerprint density at radius 2 is 0.837 bits per heavy atom. The van der Waals surface area contributed by atoms with Crippen molar-refractivity contribution in [2.24, 2.45) is 0 Å². The zero-order valence-corrected chi connectivity index (χ0v) is 31.8. The summed E-state index contributed by atoms with van der Waals surface area (Å²) in [6, 6.07) is 51.9. The molecule has 0 fully saturated rings. The number of benzene rings is 5. The summed E-state index contributed by atoms with van der Waals surface area (Å²) in [5.41, 5.74) is 0.999. The lowest BCUT2D eigenvalue weighted by molar-refractivity contribution is -0.136. The molecule has 0 radical (unpaired) electrons. The molecule has 6 heteroatoms. The van der Waals surface area contributed by atoms with Crippen molar-refractivity contribution in [3.05, 3.63) is 157 Å². The van der Waals surface area contributed by atoms with Crippen LogP contribution in [0.4, 0.5) is 0 Å². The molecule has 5 aromatic carbocycles. The summed E-state index contributed by atoms with van der Waals surface area (Å²) < 4.78 is 20.9. The van der Waals surface area contributed by atoms with E-state index in [0.29, 0.717) is 6.61 Å². The zero-order chi connectivity index (χ0) is 35.0. The van der Waals surface area contributed by atoms with Crippen molar-refractivity contribution < 1.29 is 18.4 Å². The minimum Gasteiger partial charge on any atom is -0.404 e. The first-order chi connectivity index (χ1) is 23.5. The molecule has 0 aliphatic carbocycles. The molecular weight excluding hydrogens is 637 g/mol. The average Bonchev–Trinajstić information content (AvgIpc) is 3.11. The Balaban J connectivity index is 1.52. The number of ketones is 1. The number of rotatable bonds is 14. The number of carbonyl (C=O) groups is 1. The fraction of sp³-hybridized carbons (Fsp3) is 0.279. The van der Waals surface area contributed by atoms with Crippen molar-refractivity contribution in [1.29, 1.82) is 0 Å². The van der Waals surface area contributed by atoms with Gasteiger partial charge in [-0.2, -0.15) is 0 Å². The summed E-state index contributed by atoms with van der Waals surface area (Å²) in [6.07, 6.45) is -0.833. The number of carbonyl (C=O) groups excluding carboxylic acids is 1. The molecule has 0 aromatic heterocycles. The molecule has 0 N–H and O–H groups in total. The van der Waals surface area contributed by atoms with Crippen LogP contribution < -0.4 is 20.7 Å². The summed E-state index contributed by atoms with van der Waals surface area (Å²) >= 11 is 0. The van der Waals surface area contributed by atoms with Crippen molar-refractivity contribution in [2.75, 3.05) is 13.2 Å². The first-order valence-corrected chi connectivity index (χ1v) is 21.0. The average molecular weight is 687 g/mol. The topological polar surface area (TPSA) is 44.8 Å². The smallest absolute Gasteiger partial charge is 0.261 e. The summed E-state index contributed by atoms with van der Waals surface area (Å²) in [7, 11) is -5.87. The van der Waals surface area contributed by atoms with Crippen molar-refractivity contribution in [2.45, 2.75) is 64.3 Å². The number of hydrogen-bond acceptors (Lipinski definition) is 4. The van der Waals surface area contributed by atoms with E-state index in [2.05, 4.69) is 139 Å². The molecule has 0 amide bonds. The molecule has 0 bridgehead atoms. The van der Waals surface area contributed by atoms with Gasteiger partial charge in [0.05, 0.1) is 19.8 Å². The molecule has 0 unspecified atom stereocenters. The van der Waals surface area contributed by atoms with Crippen LogP contribution in [0.3, 0.4) is 0 Å². The number of hydrogen-bond donors (Lipinski definition) is 0. The van der Waals surface area contributed by atoms with Gasteiger partial charge in [0.15, 0.2) is 5.78 Å². The molecule has 0 aliphatic rings. The van der Waals surface area contributed by atoms with Crippen LogP contribution >= 0.6 is 0 Å². The van der Waals surface area contributed by atoms with Crippen LogP contribution in [0.25, 0.3) is 0 Å². The van der Waals surface area contributed by atoms with Gasteiger partial charge < -0.3 is 13.6 Å². The monoisotopic (exact) mass is 686 g/mol. The summed E-state index contributed by atoms with van der Waals surface area (Å²) in [5.74, 6) is -0.123. The Hall–Kier alpha value is -3.92. The van der Waals surface area contributed by atoms with Gasteiger partial charge in [0.1, 0.15) is 6.10 Å². The third kappa shape index (κ3) is 7.95. The molecule has 1 atom stereocenters. The first kappa shape index (κ1) is 36.4. The fourth-order valence-electron chi connectivity index (χ4n) is 7.00. The fourth-order valence-corrected chi connectivity index (χ4v) is 16.1. The second-order valence-corrected chi connectivity index (χ2v) is 23.3. The minimum atomic E-state index is -2.95. The van der Waals surface area contributed by atoms with Gasteiger partial charge in [0.25, 0.3) is 16.6 Å². The molecular formula is C43H50O4Si2. The second-order valence-electron chi connectivity index (χ2n) is 14.7. The standard InChI is InChI=1S/C43H50O4Si2/c1-42(2,3)48(36-24-14-8-15-25-36,37-26-16-9-17-27-37)46-33-40(44)41(45-32-35-22-12-7-13-23-35)34-47-49(43(4,5)6,38-28-18-10-19-29-38)39-30-20-11-21-31-39/h7-31,41H,32-34H2,1-6H3/t41-/m1/s1. The lowest BCUT2D eigenvalue weighted by Crippen LogP contribution is -2.68. The van der Waals surface area contributed by atoms with E-state index in [1.165, 1.54) is 0 Å². The molecule has 4 nitrogen and oxygen atoms in total. The normalized spacial score (nSPS) is 13.2. The summed E-state index contributed by atoms with van der Waals surface area (Å²) in [4.78, 5) is 14.5. The van der Waals surface area contributed by atoms with Gasteiger partial charge in [0, 0.05) is 0 Å². The van der Waals surface area contributed by atoms with E-state index in [4.69, 9.17) is 13.6 Å². The van der Waals surface area contributed by atoms with Crippen LogP contribution in [-0.4, -0.2) is 41.7 Å². The van der Waals surface area contributed by atoms with Crippen molar-refractivity contribution >= 4 is 43.2 Å². The second kappa shape index (κ2) is 15.7. The van der Waals surface area contributed by atoms with Crippen LogP contribution in [0.15, 0.2) is 152 Å². The van der Waals surface area contributed by atoms with Gasteiger partial charge in [-0.3, -0.25) is 4.79 Å². The van der Waals surface area contributed by atoms with Gasteiger partial charge in [0.2, 0.25) is 0 Å². The molecule has 49 heavy (non-hydrogen) atoms. The first-order valence-electron chi connectivity index (χ1n) is 17.2. The third-order valence-corrected chi connectivity index (χ3v) is 19.4. The van der Waals surface area contributed by atoms with Gasteiger partial charge in [-0.25, -0.2) is 0 Å². The Bertz CT molecular complexity index is 1660. The Labute approximate surface area is 295 Å². The molecule has 5 aromatic rings. The maximum Gasteiger partial charge on any atom is 0.261 e. The van der Waals surface area contributed by atoms with Gasteiger partial charge >= 0.3 is 0 Å². The van der Waals surface area contributed by atoms with E-state index in [9.17, 15) is 4.79 Å². The zero-order valence-electron chi connectivity index (χ0n) is 29.8. The van der Waals surface area contributed by atoms with Crippen molar-refractivity contribution in [3.63, 3.8) is 0 Å². The van der Waals surface area contributed by atoms with E-state index >= 15 is 0 Å². The SMILES string of the molecule is CC(C)(C)[Si](OCC(=O)[C@@H](CO[Si](c1ccccc1)(c1ccccc1)C(C)(C)C)OCc1ccccc1)(c1ccccc1)c1ccccc1. The Kier molecular flexibility index (Phi) is 11.7. The van der Waals surface area contributed by atoms with Crippen LogP contribution in [0, 0.1) is 0 Å². The van der Waals surface area contributed by atoms with Crippen molar-refractivity contribution in [3.8, 4) is 0 Å². The number of Topliss-reactive ketones (excluding diaryl/α,β-unsaturated/α-hetero) is 1. The molecule has 0 saturated heterocycles. The molecule has 0 spiro atoms. The number of ether oxygens (including phenoxy) is 1. The van der Waals surface area contributed by atoms with Crippen LogP contribution in [0.1, 0.15) is 47.1 Å². The van der Waals surface area contributed by atoms with Gasteiger partial charge in [-0.15, -0.1) is 0 Å². The van der Waals surface area contributed by atoms with Crippen LogP contribution in [0.5, 0.6) is 0 Å². The molecule has 0 heterocycles. The highest BCUT2D eigenvalue weighted by Crippen LogP contribution is 2.38. The van der Waals surface area contributed by atoms with E-state index < -0.39 is 22.7 Å². The van der Waals surface area contributed by atoms with E-state index in [1.54, 1.807) is 0 Å². The predicted molar refractivity (Wildman–Crippen MR) is 207 cm³/mol. The third-order valence-electron chi connectivity index (χ3n) is 9.37. The van der Waals surface area contributed by atoms with E-state index in [1.807, 2.05) is 54.6 Å². The molecule has 5 rings (SSSR count). The predicted octanol–water partition coefficient (Wildman–Crippen LogP) is 7.29. The summed E-state index contributed by atoms with van der Waals surface area (Å²) in [5, 5.41) is 4.08. The van der Waals surface area contributed by atoms with Gasteiger partial charge in [-0.05, 0) is 36.4 Å². The Morgan fingerprint density at radius 3 is 1.18 bits per heavy atom. The molecule has 0 aliphatic heterocycles. The van der Waals surface area contributed by atoms with E-state index in [-0.39, 0.29) is 29.1 Å². The largest absolute Gasteiger partial charge is 0.404 e. The maximum atomic E-state index is 14.5. The highest BCUT2D eigenvalue weighted by atomic mass is 28.4. The lowest BCUT2D eigenvalue weighted by Gasteiger charge is -2.44. The van der Waals surface area contributed by atoms with Crippen LogP contribution in [-0.2, 0) is 25.0 Å². The lowest BCUT2D eigenvalue weighted by atomic mass is 10.2. The van der Waals surface area contributed by atoms with Gasteiger partial charge in [-0.1, -0.05) is 193 Å². The van der Waals surface area contributed by atoms with Crippen molar-refractivity contribution in [1.82, 2.24) is 0 Å². The summed E-state index contributed by atoms with van der Waals surface area (Å²) in [6.45, 7) is 13.7. The minimum absolute atomic E-state index is 0.0865. The highest BCUT2D eigenvalue weighted by molar-refractivity contribution is 7.00. The highest BCUT2D eigenvalue weighted by Gasteiger charge is 2.52. The molecule has 0 saturated carbocycles. The quantitative estimate of drug-likeness (QED) is 0.115.